The molecule has 0 amide bonds. The Kier molecular flexibility index (Phi) is 13.1. The molecule has 0 saturated carbocycles. The van der Waals surface area contributed by atoms with Gasteiger partial charge >= 0.3 is 0 Å². The summed E-state index contributed by atoms with van der Waals surface area (Å²) in [4.78, 5) is 21.0. The Morgan fingerprint density at radius 2 is 1.88 bits per heavy atom. The number of anilines is 3. The highest BCUT2D eigenvalue weighted by atomic mass is 16.5. The number of nitrogens with two attached hydrogens (primary N) is 1. The number of aliphatic imine (C=N–C) groups is 1. The van der Waals surface area contributed by atoms with Crippen molar-refractivity contribution >= 4 is 41.9 Å². The first-order chi connectivity index (χ1) is 19.3. The third-order valence-corrected chi connectivity index (χ3v) is 6.25. The highest BCUT2D eigenvalue weighted by Crippen LogP contribution is 2.32. The van der Waals surface area contributed by atoms with Gasteiger partial charge in [0.2, 0.25) is 0 Å². The molecule has 0 radical (unpaired) electrons. The molecule has 2 aromatic carbocycles. The number of hydrogen-bond acceptors (Lipinski definition) is 9. The van der Waals surface area contributed by atoms with Crippen LogP contribution in [0.3, 0.4) is 0 Å². The molecule has 0 bridgehead atoms. The van der Waals surface area contributed by atoms with Gasteiger partial charge in [-0.1, -0.05) is 51.3 Å². The molecule has 10 heteroatoms. The van der Waals surface area contributed by atoms with Gasteiger partial charge in [-0.05, 0) is 62.7 Å². The Morgan fingerprint density at radius 3 is 2.50 bits per heavy atom. The zero-order valence-corrected chi connectivity index (χ0v) is 23.8. The van der Waals surface area contributed by atoms with Gasteiger partial charge in [0.25, 0.3) is 6.47 Å². The fourth-order valence-corrected chi connectivity index (χ4v) is 4.36. The molecule has 3 aromatic rings. The van der Waals surface area contributed by atoms with E-state index in [0.717, 1.165) is 60.2 Å². The van der Waals surface area contributed by atoms with E-state index in [1.54, 1.807) is 0 Å². The number of benzene rings is 2. The molecule has 0 saturated heterocycles. The molecule has 214 valence electrons. The molecule has 1 aromatic heterocycles. The number of unbranched alkanes of at least 4 members (excludes halogenated alkanes) is 1. The van der Waals surface area contributed by atoms with E-state index < -0.39 is 0 Å². The fourth-order valence-electron chi connectivity index (χ4n) is 4.36. The molecular formula is C30H41N7O3. The molecule has 6 N–H and O–H groups in total. The molecular weight excluding hydrogens is 506 g/mol. The molecule has 0 aliphatic heterocycles. The lowest BCUT2D eigenvalue weighted by molar-refractivity contribution is -0.122. The average Bonchev–Trinajstić information content (AvgIpc) is 2.93. The van der Waals surface area contributed by atoms with Crippen molar-refractivity contribution in [2.45, 2.75) is 65.8 Å². The summed E-state index contributed by atoms with van der Waals surface area (Å²) in [5, 5.41) is 22.6. The fraction of sp³-hybridized carbons (Fsp3) is 0.367. The molecule has 0 spiro atoms. The number of ether oxygens (including phenoxy) is 1. The second-order valence-electron chi connectivity index (χ2n) is 9.37. The Morgan fingerprint density at radius 1 is 1.18 bits per heavy atom. The predicted octanol–water partition coefficient (Wildman–Crippen LogP) is 6.34. The minimum atomic E-state index is -0.250. The van der Waals surface area contributed by atoms with Crippen molar-refractivity contribution in [3.8, 4) is 5.75 Å². The number of carboxylic acid groups (broad SMARTS) is 1. The summed E-state index contributed by atoms with van der Waals surface area (Å²) in [7, 11) is 0. The lowest BCUT2D eigenvalue weighted by atomic mass is 10.0. The zero-order valence-electron chi connectivity index (χ0n) is 23.8. The molecule has 0 aliphatic rings. The van der Waals surface area contributed by atoms with Crippen LogP contribution >= 0.6 is 0 Å². The smallest absolute Gasteiger partial charge is 0.290 e. The molecule has 40 heavy (non-hydrogen) atoms. The number of nitrogens with one attached hydrogen (secondary N) is 3. The van der Waals surface area contributed by atoms with Gasteiger partial charge in [0, 0.05) is 17.3 Å². The van der Waals surface area contributed by atoms with E-state index in [4.69, 9.17) is 25.8 Å². The van der Waals surface area contributed by atoms with Crippen LogP contribution in [0.4, 0.5) is 23.0 Å². The van der Waals surface area contributed by atoms with E-state index in [1.807, 2.05) is 44.2 Å². The molecule has 1 heterocycles. The van der Waals surface area contributed by atoms with Crippen LogP contribution in [-0.2, 0) is 4.79 Å². The van der Waals surface area contributed by atoms with E-state index >= 15 is 0 Å². The number of aryl methyl sites for hydroxylation is 2. The summed E-state index contributed by atoms with van der Waals surface area (Å²) in [6.07, 6.45) is 6.88. The summed E-state index contributed by atoms with van der Waals surface area (Å²) in [5.41, 5.74) is 11.5. The van der Waals surface area contributed by atoms with Crippen LogP contribution in [0.2, 0.25) is 0 Å². The van der Waals surface area contributed by atoms with Gasteiger partial charge in [0.05, 0.1) is 11.3 Å². The molecule has 1 unspecified atom stereocenters. The second-order valence-corrected chi connectivity index (χ2v) is 9.37. The maximum atomic E-state index is 8.88. The Balaban J connectivity index is 0.00000178. The van der Waals surface area contributed by atoms with Crippen molar-refractivity contribution in [2.24, 2.45) is 4.99 Å². The minimum Gasteiger partial charge on any atom is -0.483 e. The van der Waals surface area contributed by atoms with E-state index in [1.165, 1.54) is 6.33 Å². The third-order valence-electron chi connectivity index (χ3n) is 6.25. The molecule has 3 rings (SSSR count). The number of carbonyl (C=O) groups is 1. The van der Waals surface area contributed by atoms with E-state index in [9.17, 15) is 0 Å². The van der Waals surface area contributed by atoms with Crippen molar-refractivity contribution < 1.29 is 14.6 Å². The lowest BCUT2D eigenvalue weighted by Gasteiger charge is -2.21. The number of aromatic nitrogens is 2. The summed E-state index contributed by atoms with van der Waals surface area (Å²) >= 11 is 0. The first-order valence-corrected chi connectivity index (χ1v) is 13.4. The molecule has 0 aliphatic carbocycles. The highest BCUT2D eigenvalue weighted by molar-refractivity contribution is 6.16. The third kappa shape index (κ3) is 9.07. The van der Waals surface area contributed by atoms with E-state index in [0.29, 0.717) is 22.9 Å². The SMILES string of the molecule is C=Nc1cc(C)cc(C)c1OCNc1ccc(C(=N)c2c(N)ncnc2NC(CCC)CCCC)cc1.O=CO. The van der Waals surface area contributed by atoms with Crippen LogP contribution in [0.5, 0.6) is 5.75 Å². The van der Waals surface area contributed by atoms with Gasteiger partial charge in [-0.2, -0.15) is 0 Å². The predicted molar refractivity (Wildman–Crippen MR) is 164 cm³/mol. The Labute approximate surface area is 236 Å². The molecule has 10 nitrogen and oxygen atoms in total. The molecule has 1 atom stereocenters. The maximum Gasteiger partial charge on any atom is 0.290 e. The van der Waals surface area contributed by atoms with Crippen molar-refractivity contribution in [3.05, 3.63) is 65.0 Å². The van der Waals surface area contributed by atoms with Crippen LogP contribution in [0.1, 0.15) is 68.2 Å². The van der Waals surface area contributed by atoms with Crippen molar-refractivity contribution in [3.63, 3.8) is 0 Å². The lowest BCUT2D eigenvalue weighted by Crippen LogP contribution is -2.23. The van der Waals surface area contributed by atoms with Gasteiger partial charge < -0.3 is 26.2 Å². The summed E-state index contributed by atoms with van der Waals surface area (Å²) in [6, 6.07) is 11.9. The standard InChI is InChI=1S/C29H39N7O.CH2O2/c1-6-8-10-23(9-7-2)36-29-25(28(31)33-17-34-29)26(30)21-11-13-22(14-12-21)35-18-37-27-20(4)15-19(3)16-24(27)32-5;2-1-3/h11-17,23,30,35H,5-10,18H2,1-4H3,(H3,31,33,34,36);1H,(H,2,3). The van der Waals surface area contributed by atoms with Gasteiger partial charge in [-0.25, -0.2) is 9.97 Å². The summed E-state index contributed by atoms with van der Waals surface area (Å²) in [6.45, 7) is 12.1. The van der Waals surface area contributed by atoms with Crippen LogP contribution in [-0.4, -0.2) is 46.7 Å². The average molecular weight is 548 g/mol. The highest BCUT2D eigenvalue weighted by Gasteiger charge is 2.19. The number of nitrogen functional groups attached to an aromatic ring is 1. The van der Waals surface area contributed by atoms with E-state index in [-0.39, 0.29) is 25.0 Å². The Hall–Kier alpha value is -4.47. The first-order valence-electron chi connectivity index (χ1n) is 13.4. The first kappa shape index (κ1) is 31.7. The zero-order chi connectivity index (χ0) is 29.5. The topological polar surface area (TPSA) is 159 Å². The quantitative estimate of drug-likeness (QED) is 0.0887. The van der Waals surface area contributed by atoms with Crippen LogP contribution < -0.4 is 21.1 Å². The van der Waals surface area contributed by atoms with E-state index in [2.05, 4.69) is 52.2 Å². The van der Waals surface area contributed by atoms with Gasteiger partial charge in [-0.15, -0.1) is 0 Å². The Bertz CT molecular complexity index is 1260. The number of nitrogens with zero attached hydrogens (tertiary/aromatic N) is 3. The van der Waals surface area contributed by atoms with Crippen molar-refractivity contribution in [2.75, 3.05) is 23.1 Å². The van der Waals surface area contributed by atoms with Crippen molar-refractivity contribution in [1.29, 1.82) is 5.41 Å². The van der Waals surface area contributed by atoms with Gasteiger partial charge in [0.1, 0.15) is 29.4 Å². The summed E-state index contributed by atoms with van der Waals surface area (Å²) in [5.74, 6) is 1.62. The van der Waals surface area contributed by atoms with Crippen molar-refractivity contribution in [1.82, 2.24) is 9.97 Å². The molecule has 0 fully saturated rings. The van der Waals surface area contributed by atoms with Crippen LogP contribution in [0.15, 0.2) is 47.7 Å². The second kappa shape index (κ2) is 16.5. The maximum absolute atomic E-state index is 8.88. The van der Waals surface area contributed by atoms with Crippen LogP contribution in [0, 0.1) is 19.3 Å². The number of rotatable bonds is 14. The van der Waals surface area contributed by atoms with Gasteiger partial charge in [0.15, 0.2) is 6.73 Å². The minimum absolute atomic E-state index is 0.250. The van der Waals surface area contributed by atoms with Crippen LogP contribution in [0.25, 0.3) is 0 Å². The monoisotopic (exact) mass is 547 g/mol. The largest absolute Gasteiger partial charge is 0.483 e. The van der Waals surface area contributed by atoms with Gasteiger partial charge in [-0.3, -0.25) is 15.2 Å². The summed E-state index contributed by atoms with van der Waals surface area (Å²) < 4.78 is 5.95. The normalized spacial score (nSPS) is 11.0. The number of hydrogen-bond donors (Lipinski definition) is 5.